The summed E-state index contributed by atoms with van der Waals surface area (Å²) in [4.78, 5) is 30.6. The molecule has 0 spiro atoms. The van der Waals surface area contributed by atoms with Crippen LogP contribution in [0.3, 0.4) is 0 Å². The number of rotatable bonds is 8. The maximum atomic E-state index is 13.5. The van der Waals surface area contributed by atoms with Crippen LogP contribution < -0.4 is 15.4 Å². The monoisotopic (exact) mass is 579 g/mol. The largest absolute Gasteiger partial charge is 0.468 e. The molecule has 0 atom stereocenters. The van der Waals surface area contributed by atoms with Crippen LogP contribution in [0.15, 0.2) is 41.0 Å². The van der Waals surface area contributed by atoms with Gasteiger partial charge in [0.15, 0.2) is 5.82 Å². The topological polar surface area (TPSA) is 107 Å². The number of hydrogen-bond acceptors (Lipinski definition) is 6. The highest BCUT2D eigenvalue weighted by molar-refractivity contribution is 9.10. The first kappa shape index (κ1) is 24.1. The van der Waals surface area contributed by atoms with Crippen molar-refractivity contribution in [1.82, 2.24) is 20.1 Å². The Kier molecular flexibility index (Phi) is 6.97. The van der Waals surface area contributed by atoms with Gasteiger partial charge >= 0.3 is 0 Å². The summed E-state index contributed by atoms with van der Waals surface area (Å²) >= 11 is 16.0. The smallest absolute Gasteiger partial charge is 0.274 e. The summed E-state index contributed by atoms with van der Waals surface area (Å²) in [5, 5.41) is 10.8. The Morgan fingerprint density at radius 2 is 2.00 bits per heavy atom. The van der Waals surface area contributed by atoms with E-state index in [-0.39, 0.29) is 40.7 Å². The first-order valence-corrected chi connectivity index (χ1v) is 12.5. The van der Waals surface area contributed by atoms with Crippen LogP contribution in [-0.4, -0.2) is 52.4 Å². The minimum atomic E-state index is -0.543. The van der Waals surface area contributed by atoms with E-state index in [0.717, 1.165) is 12.8 Å². The number of nitrogens with one attached hydrogen (secondary N) is 2. The lowest BCUT2D eigenvalue weighted by Gasteiger charge is -2.25. The Labute approximate surface area is 219 Å². The fourth-order valence-corrected chi connectivity index (χ4v) is 4.55. The van der Waals surface area contributed by atoms with Crippen LogP contribution >= 0.6 is 39.1 Å². The molecule has 5 rings (SSSR count). The molecule has 2 amide bonds. The van der Waals surface area contributed by atoms with Crippen LogP contribution in [0.25, 0.3) is 5.82 Å². The number of benzene rings is 1. The van der Waals surface area contributed by atoms with Gasteiger partial charge in [0.1, 0.15) is 11.8 Å². The molecule has 0 radical (unpaired) electrons. The van der Waals surface area contributed by atoms with Crippen molar-refractivity contribution in [3.05, 3.63) is 62.3 Å². The van der Waals surface area contributed by atoms with Crippen molar-refractivity contribution >= 4 is 56.6 Å². The molecule has 1 aliphatic heterocycles. The minimum Gasteiger partial charge on any atom is -0.468 e. The van der Waals surface area contributed by atoms with Gasteiger partial charge in [0.2, 0.25) is 5.88 Å². The fraction of sp³-hybridized carbons (Fsp3) is 0.304. The quantitative estimate of drug-likeness (QED) is 0.406. The second-order valence-electron chi connectivity index (χ2n) is 8.28. The molecular formula is C23H20BrCl2N5O4. The van der Waals surface area contributed by atoms with Gasteiger partial charge in [-0.3, -0.25) is 9.59 Å². The van der Waals surface area contributed by atoms with E-state index in [1.165, 1.54) is 16.8 Å². The predicted molar refractivity (Wildman–Crippen MR) is 134 cm³/mol. The van der Waals surface area contributed by atoms with Crippen molar-refractivity contribution in [3.8, 4) is 11.7 Å². The van der Waals surface area contributed by atoms with Gasteiger partial charge in [-0.25, -0.2) is 9.67 Å². The van der Waals surface area contributed by atoms with Crippen molar-refractivity contribution in [2.24, 2.45) is 5.92 Å². The molecule has 1 saturated carbocycles. The third-order valence-corrected chi connectivity index (χ3v) is 6.68. The number of anilines is 1. The van der Waals surface area contributed by atoms with E-state index in [0.29, 0.717) is 40.2 Å². The lowest BCUT2D eigenvalue weighted by Crippen LogP contribution is -2.38. The number of aromatic nitrogens is 3. The number of carbonyl (C=O) groups is 2. The Bertz CT molecular complexity index is 1290. The van der Waals surface area contributed by atoms with Gasteiger partial charge < -0.3 is 20.1 Å². The Morgan fingerprint density at radius 1 is 1.20 bits per heavy atom. The van der Waals surface area contributed by atoms with E-state index < -0.39 is 5.91 Å². The van der Waals surface area contributed by atoms with E-state index in [1.807, 2.05) is 0 Å². The summed E-state index contributed by atoms with van der Waals surface area (Å²) in [7, 11) is 0. The molecule has 1 aliphatic carbocycles. The average molecular weight is 581 g/mol. The molecule has 3 heterocycles. The normalized spacial score (nSPS) is 15.4. The zero-order valence-electron chi connectivity index (χ0n) is 18.3. The number of amides is 2. The van der Waals surface area contributed by atoms with Crippen LogP contribution in [0.2, 0.25) is 10.0 Å². The highest BCUT2D eigenvalue weighted by atomic mass is 79.9. The van der Waals surface area contributed by atoms with Crippen molar-refractivity contribution in [2.45, 2.75) is 18.9 Å². The summed E-state index contributed by atoms with van der Waals surface area (Å²) in [6.45, 7) is 1.46. The lowest BCUT2D eigenvalue weighted by molar-refractivity contribution is -0.0814. The maximum absolute atomic E-state index is 13.5. The van der Waals surface area contributed by atoms with Gasteiger partial charge in [0.05, 0.1) is 29.5 Å². The second-order valence-corrected chi connectivity index (χ2v) is 9.98. The number of nitrogens with zero attached hydrogens (tertiary/aromatic N) is 3. The van der Waals surface area contributed by atoms with Crippen molar-refractivity contribution < 1.29 is 19.1 Å². The number of hydrogen-bond donors (Lipinski definition) is 2. The van der Waals surface area contributed by atoms with Gasteiger partial charge in [0, 0.05) is 28.3 Å². The molecule has 2 aromatic heterocycles. The number of ether oxygens (including phenoxy) is 2. The molecule has 12 heteroatoms. The van der Waals surface area contributed by atoms with E-state index in [4.69, 9.17) is 32.7 Å². The number of pyridine rings is 1. The van der Waals surface area contributed by atoms with Crippen LogP contribution in [-0.2, 0) is 4.74 Å². The molecule has 1 saturated heterocycles. The van der Waals surface area contributed by atoms with Gasteiger partial charge in [-0.15, -0.1) is 5.10 Å². The minimum absolute atomic E-state index is 0.118. The molecule has 35 heavy (non-hydrogen) atoms. The molecule has 182 valence electrons. The van der Waals surface area contributed by atoms with E-state index in [9.17, 15) is 9.59 Å². The zero-order chi connectivity index (χ0) is 24.5. The summed E-state index contributed by atoms with van der Waals surface area (Å²) in [6.07, 6.45) is 3.59. The van der Waals surface area contributed by atoms with Crippen molar-refractivity contribution in [3.63, 3.8) is 0 Å². The standard InChI is InChI=1S/C23H20BrCl2N5O4/c24-16-7-13(25)6-15(22(32)28-9-12-3-4-12)20(16)29-23(33)18-8-19(35-14-10-34-11-14)30-31(18)21-17(26)2-1-5-27-21/h1-2,5-8,12,14H,3-4,9-11H2,(H,28,32)(H,29,33). The van der Waals surface area contributed by atoms with Crippen LogP contribution in [0, 0.1) is 5.92 Å². The molecule has 2 N–H and O–H groups in total. The second kappa shape index (κ2) is 10.1. The van der Waals surface area contributed by atoms with E-state index in [1.54, 1.807) is 24.4 Å². The third kappa shape index (κ3) is 5.45. The van der Waals surface area contributed by atoms with Crippen molar-refractivity contribution in [1.29, 1.82) is 0 Å². The molecular weight excluding hydrogens is 561 g/mol. The van der Waals surface area contributed by atoms with Crippen LogP contribution in [0.4, 0.5) is 5.69 Å². The summed E-state index contributed by atoms with van der Waals surface area (Å²) in [6, 6.07) is 7.94. The summed E-state index contributed by atoms with van der Waals surface area (Å²) in [5.74, 6) is 0.111. The number of carbonyl (C=O) groups excluding carboxylic acids is 2. The van der Waals surface area contributed by atoms with Crippen LogP contribution in [0.5, 0.6) is 5.88 Å². The SMILES string of the molecule is O=C(NCC1CC1)c1cc(Cl)cc(Br)c1NC(=O)c1cc(OC2COC2)nn1-c1ncccc1Cl. The third-order valence-electron chi connectivity index (χ3n) is 5.54. The Morgan fingerprint density at radius 3 is 2.69 bits per heavy atom. The van der Waals surface area contributed by atoms with Gasteiger partial charge in [0.25, 0.3) is 11.8 Å². The van der Waals surface area contributed by atoms with Gasteiger partial charge in [-0.05, 0) is 59.0 Å². The maximum Gasteiger partial charge on any atom is 0.274 e. The molecule has 1 aromatic carbocycles. The number of halogens is 3. The average Bonchev–Trinajstić information content (AvgIpc) is 3.54. The Balaban J connectivity index is 1.47. The molecule has 2 fully saturated rings. The molecule has 0 bridgehead atoms. The van der Waals surface area contributed by atoms with Crippen LogP contribution in [0.1, 0.15) is 33.7 Å². The molecule has 2 aliphatic rings. The highest BCUT2D eigenvalue weighted by Crippen LogP contribution is 2.33. The Hall–Kier alpha value is -2.66. The predicted octanol–water partition coefficient (Wildman–Crippen LogP) is 4.51. The lowest BCUT2D eigenvalue weighted by atomic mass is 10.1. The van der Waals surface area contributed by atoms with Gasteiger partial charge in [-0.2, -0.15) is 0 Å². The molecule has 9 nitrogen and oxygen atoms in total. The van der Waals surface area contributed by atoms with Gasteiger partial charge in [-0.1, -0.05) is 23.2 Å². The highest BCUT2D eigenvalue weighted by Gasteiger charge is 2.27. The summed E-state index contributed by atoms with van der Waals surface area (Å²) in [5.41, 5.74) is 0.637. The van der Waals surface area contributed by atoms with E-state index in [2.05, 4.69) is 36.6 Å². The first-order valence-electron chi connectivity index (χ1n) is 10.9. The van der Waals surface area contributed by atoms with E-state index >= 15 is 0 Å². The zero-order valence-corrected chi connectivity index (χ0v) is 21.4. The summed E-state index contributed by atoms with van der Waals surface area (Å²) < 4.78 is 12.7. The molecule has 3 aromatic rings. The van der Waals surface area contributed by atoms with Crippen molar-refractivity contribution in [2.75, 3.05) is 25.1 Å². The fourth-order valence-electron chi connectivity index (χ4n) is 3.44. The molecule has 0 unspecified atom stereocenters. The first-order chi connectivity index (χ1) is 16.9.